The highest BCUT2D eigenvalue weighted by Crippen LogP contribution is 2.26. The van der Waals surface area contributed by atoms with Crippen LogP contribution in [-0.2, 0) is 9.59 Å². The van der Waals surface area contributed by atoms with E-state index in [1.54, 1.807) is 13.0 Å². The Balaban J connectivity index is 1.57. The van der Waals surface area contributed by atoms with Crippen molar-refractivity contribution in [3.8, 4) is 5.75 Å². The van der Waals surface area contributed by atoms with Crippen molar-refractivity contribution in [2.75, 3.05) is 7.11 Å². The molecule has 0 aromatic heterocycles. The van der Waals surface area contributed by atoms with Gasteiger partial charge in [-0.25, -0.2) is 9.18 Å². The largest absolute Gasteiger partial charge is 0.494 e. The zero-order valence-electron chi connectivity index (χ0n) is 16.2. The minimum absolute atomic E-state index is 0.0736. The van der Waals surface area contributed by atoms with Crippen LogP contribution < -0.4 is 15.4 Å². The summed E-state index contributed by atoms with van der Waals surface area (Å²) in [5, 5.41) is 5.37. The molecule has 28 heavy (non-hydrogen) atoms. The number of rotatable bonds is 6. The van der Waals surface area contributed by atoms with Crippen LogP contribution in [0.4, 0.5) is 9.18 Å². The number of halogens is 1. The van der Waals surface area contributed by atoms with E-state index in [1.807, 2.05) is 0 Å². The highest BCUT2D eigenvalue weighted by molar-refractivity contribution is 6.06. The molecule has 8 heteroatoms. The Kier molecular flexibility index (Phi) is 6.16. The Labute approximate surface area is 163 Å². The highest BCUT2D eigenvalue weighted by atomic mass is 19.1. The van der Waals surface area contributed by atoms with Crippen molar-refractivity contribution in [2.24, 2.45) is 0 Å². The van der Waals surface area contributed by atoms with Gasteiger partial charge in [-0.15, -0.1) is 0 Å². The van der Waals surface area contributed by atoms with Gasteiger partial charge in [0.1, 0.15) is 6.04 Å². The quantitative estimate of drug-likeness (QED) is 0.730. The molecule has 2 fully saturated rings. The molecule has 0 radical (unpaired) electrons. The molecule has 1 heterocycles. The molecule has 1 aliphatic carbocycles. The van der Waals surface area contributed by atoms with Gasteiger partial charge in [0, 0.05) is 6.04 Å². The van der Waals surface area contributed by atoms with Gasteiger partial charge in [0.2, 0.25) is 5.91 Å². The van der Waals surface area contributed by atoms with Crippen LogP contribution in [0, 0.1) is 5.82 Å². The molecule has 1 aliphatic heterocycles. The first-order valence-electron chi connectivity index (χ1n) is 9.67. The first kappa shape index (κ1) is 20.1. The summed E-state index contributed by atoms with van der Waals surface area (Å²) in [7, 11) is 1.38. The van der Waals surface area contributed by atoms with Gasteiger partial charge in [0.25, 0.3) is 5.91 Å². The average molecular weight is 391 g/mol. The monoisotopic (exact) mass is 391 g/mol. The lowest BCUT2D eigenvalue weighted by Gasteiger charge is -2.28. The number of carbonyl (C=O) groups excluding carboxylic acids is 3. The number of nitrogens with zero attached hydrogens (tertiary/aromatic N) is 1. The summed E-state index contributed by atoms with van der Waals surface area (Å²) in [6.07, 6.45) is 4.62. The second-order valence-corrected chi connectivity index (χ2v) is 7.39. The summed E-state index contributed by atoms with van der Waals surface area (Å²) in [6.45, 7) is 1.72. The van der Waals surface area contributed by atoms with Crippen LogP contribution in [0.5, 0.6) is 5.75 Å². The van der Waals surface area contributed by atoms with Crippen molar-refractivity contribution in [3.05, 3.63) is 29.6 Å². The Morgan fingerprint density at radius 1 is 1.32 bits per heavy atom. The van der Waals surface area contributed by atoms with Crippen LogP contribution in [0.25, 0.3) is 0 Å². The number of nitrogens with one attached hydrogen (secondary N) is 2. The lowest BCUT2D eigenvalue weighted by Crippen LogP contribution is -2.42. The van der Waals surface area contributed by atoms with Gasteiger partial charge in [-0.3, -0.25) is 14.5 Å². The summed E-state index contributed by atoms with van der Waals surface area (Å²) in [5.41, 5.74) is 0.581. The summed E-state index contributed by atoms with van der Waals surface area (Å²) in [4.78, 5) is 38.5. The third-order valence-electron chi connectivity index (χ3n) is 5.43. The fourth-order valence-corrected chi connectivity index (χ4v) is 3.89. The van der Waals surface area contributed by atoms with Gasteiger partial charge < -0.3 is 15.4 Å². The van der Waals surface area contributed by atoms with E-state index in [-0.39, 0.29) is 30.0 Å². The predicted molar refractivity (Wildman–Crippen MR) is 100 cm³/mol. The van der Waals surface area contributed by atoms with Gasteiger partial charge in [-0.05, 0) is 37.5 Å². The molecule has 152 valence electrons. The second kappa shape index (κ2) is 8.58. The number of hydrogen-bond donors (Lipinski definition) is 2. The molecular formula is C20H26FN3O4. The molecule has 7 nitrogen and oxygen atoms in total. The smallest absolute Gasteiger partial charge is 0.325 e. The first-order chi connectivity index (χ1) is 13.4. The van der Waals surface area contributed by atoms with Gasteiger partial charge in [0.15, 0.2) is 11.6 Å². The number of benzene rings is 1. The lowest BCUT2D eigenvalue weighted by molar-refractivity contribution is -0.132. The Morgan fingerprint density at radius 3 is 2.68 bits per heavy atom. The highest BCUT2D eigenvalue weighted by Gasteiger charge is 2.42. The van der Waals surface area contributed by atoms with Crippen LogP contribution in [-0.4, -0.2) is 41.9 Å². The Morgan fingerprint density at radius 2 is 2.04 bits per heavy atom. The standard InChI is InChI=1S/C20H26FN3O4/c1-12(13-8-9-17(28-2)15(21)10-13)22-18(25)11-16-19(26)24(20(27)23-16)14-6-4-3-5-7-14/h8-10,12,14,16H,3-7,11H2,1-2H3,(H,22,25)(H,23,27). The topological polar surface area (TPSA) is 87.7 Å². The van der Waals surface area contributed by atoms with E-state index < -0.39 is 23.9 Å². The van der Waals surface area contributed by atoms with E-state index in [1.165, 1.54) is 24.1 Å². The van der Waals surface area contributed by atoms with E-state index in [0.29, 0.717) is 5.56 Å². The minimum atomic E-state index is -0.853. The molecule has 2 aliphatic rings. The van der Waals surface area contributed by atoms with Crippen LogP contribution >= 0.6 is 0 Å². The number of ether oxygens (including phenoxy) is 1. The third-order valence-corrected chi connectivity index (χ3v) is 5.43. The maximum absolute atomic E-state index is 13.9. The number of imide groups is 1. The predicted octanol–water partition coefficient (Wildman–Crippen LogP) is 2.65. The van der Waals surface area contributed by atoms with Crippen molar-refractivity contribution in [3.63, 3.8) is 0 Å². The lowest BCUT2D eigenvalue weighted by atomic mass is 9.94. The molecule has 0 bridgehead atoms. The number of hydrogen-bond acceptors (Lipinski definition) is 4. The molecule has 2 atom stereocenters. The number of urea groups is 1. The molecule has 1 aromatic carbocycles. The summed E-state index contributed by atoms with van der Waals surface area (Å²) < 4.78 is 18.7. The minimum Gasteiger partial charge on any atom is -0.494 e. The van der Waals surface area contributed by atoms with Crippen LogP contribution in [0.15, 0.2) is 18.2 Å². The molecular weight excluding hydrogens is 365 g/mol. The summed E-state index contributed by atoms with van der Waals surface area (Å²) >= 11 is 0. The molecule has 3 rings (SSSR count). The molecule has 4 amide bonds. The van der Waals surface area contributed by atoms with E-state index in [2.05, 4.69) is 10.6 Å². The first-order valence-corrected chi connectivity index (χ1v) is 9.67. The fraction of sp³-hybridized carbons (Fsp3) is 0.550. The van der Waals surface area contributed by atoms with Crippen LogP contribution in [0.2, 0.25) is 0 Å². The zero-order chi connectivity index (χ0) is 20.3. The van der Waals surface area contributed by atoms with Crippen molar-refractivity contribution >= 4 is 17.8 Å². The van der Waals surface area contributed by atoms with Gasteiger partial charge in [-0.2, -0.15) is 0 Å². The molecule has 1 saturated carbocycles. The number of amides is 4. The maximum atomic E-state index is 13.9. The number of methoxy groups -OCH3 is 1. The van der Waals surface area contributed by atoms with E-state index in [9.17, 15) is 18.8 Å². The van der Waals surface area contributed by atoms with Crippen molar-refractivity contribution < 1.29 is 23.5 Å². The van der Waals surface area contributed by atoms with Crippen LogP contribution in [0.1, 0.15) is 57.1 Å². The number of carbonyl (C=O) groups is 3. The molecule has 2 N–H and O–H groups in total. The van der Waals surface area contributed by atoms with Gasteiger partial charge in [-0.1, -0.05) is 25.3 Å². The maximum Gasteiger partial charge on any atom is 0.325 e. The Hall–Kier alpha value is -2.64. The molecule has 1 aromatic rings. The van der Waals surface area contributed by atoms with Crippen molar-refractivity contribution in [2.45, 2.75) is 63.6 Å². The van der Waals surface area contributed by atoms with Crippen LogP contribution in [0.3, 0.4) is 0 Å². The SMILES string of the molecule is COc1ccc(C(C)NC(=O)CC2NC(=O)N(C3CCCCC3)C2=O)cc1F. The van der Waals surface area contributed by atoms with Gasteiger partial charge in [0.05, 0.1) is 19.6 Å². The summed E-state index contributed by atoms with van der Waals surface area (Å²) in [6, 6.07) is 2.67. The van der Waals surface area contributed by atoms with Crippen molar-refractivity contribution in [1.82, 2.24) is 15.5 Å². The normalized spacial score (nSPS) is 21.4. The van der Waals surface area contributed by atoms with E-state index in [0.717, 1.165) is 32.1 Å². The van der Waals surface area contributed by atoms with E-state index in [4.69, 9.17) is 4.74 Å². The molecule has 1 saturated heterocycles. The fourth-order valence-electron chi connectivity index (χ4n) is 3.89. The molecule has 2 unspecified atom stereocenters. The second-order valence-electron chi connectivity index (χ2n) is 7.39. The summed E-state index contributed by atoms with van der Waals surface area (Å²) in [5.74, 6) is -1.10. The third kappa shape index (κ3) is 4.26. The molecule has 0 spiro atoms. The van der Waals surface area contributed by atoms with Gasteiger partial charge >= 0.3 is 6.03 Å². The average Bonchev–Trinajstić information content (AvgIpc) is 2.95. The van der Waals surface area contributed by atoms with Crippen molar-refractivity contribution in [1.29, 1.82) is 0 Å². The zero-order valence-corrected chi connectivity index (χ0v) is 16.2. The van der Waals surface area contributed by atoms with E-state index >= 15 is 0 Å². The Bertz CT molecular complexity index is 764.